The third kappa shape index (κ3) is 3.80. The van der Waals surface area contributed by atoms with E-state index in [1.54, 1.807) is 0 Å². The van der Waals surface area contributed by atoms with Crippen LogP contribution in [-0.2, 0) is 6.54 Å². The second-order valence-electron chi connectivity index (χ2n) is 4.19. The molecule has 0 heterocycles. The van der Waals surface area contributed by atoms with Crippen LogP contribution < -0.4 is 10.5 Å². The molecule has 3 N–H and O–H groups in total. The minimum Gasteiger partial charge on any atom is -0.491 e. The second-order valence-corrected chi connectivity index (χ2v) is 5.05. The standard InChI is InChI=1S/C15H16BrNO2/c16-14-7-6-13(8-12(14)9-17)19-10-15(18)11-4-2-1-3-5-11/h1-8,15,18H,9-10,17H2. The highest BCUT2D eigenvalue weighted by Crippen LogP contribution is 2.23. The number of nitrogens with two attached hydrogens (primary N) is 1. The first-order chi connectivity index (χ1) is 9.20. The van der Waals surface area contributed by atoms with E-state index in [0.717, 1.165) is 15.6 Å². The molecule has 1 atom stereocenters. The fraction of sp³-hybridized carbons (Fsp3) is 0.200. The van der Waals surface area contributed by atoms with Crippen LogP contribution in [0.2, 0.25) is 0 Å². The first-order valence-corrected chi connectivity index (χ1v) is 6.84. The van der Waals surface area contributed by atoms with Crippen LogP contribution in [0.5, 0.6) is 5.75 Å². The zero-order valence-corrected chi connectivity index (χ0v) is 12.0. The largest absolute Gasteiger partial charge is 0.491 e. The molecule has 0 bridgehead atoms. The third-order valence-corrected chi connectivity index (χ3v) is 3.60. The van der Waals surface area contributed by atoms with Gasteiger partial charge in [-0.3, -0.25) is 0 Å². The topological polar surface area (TPSA) is 55.5 Å². The predicted molar refractivity (Wildman–Crippen MR) is 78.9 cm³/mol. The lowest BCUT2D eigenvalue weighted by Gasteiger charge is -2.13. The molecule has 0 aliphatic carbocycles. The molecular formula is C15H16BrNO2. The molecule has 0 spiro atoms. The summed E-state index contributed by atoms with van der Waals surface area (Å²) in [5, 5.41) is 10.0. The molecule has 0 saturated heterocycles. The maximum atomic E-state index is 10.0. The number of hydrogen-bond donors (Lipinski definition) is 2. The molecule has 19 heavy (non-hydrogen) atoms. The van der Waals surface area contributed by atoms with E-state index in [1.165, 1.54) is 0 Å². The molecule has 0 radical (unpaired) electrons. The van der Waals surface area contributed by atoms with Crippen molar-refractivity contribution in [2.24, 2.45) is 5.73 Å². The normalized spacial score (nSPS) is 12.2. The van der Waals surface area contributed by atoms with Gasteiger partial charge in [-0.25, -0.2) is 0 Å². The Labute approximate surface area is 121 Å². The molecule has 0 saturated carbocycles. The van der Waals surface area contributed by atoms with Crippen LogP contribution >= 0.6 is 15.9 Å². The molecule has 0 aromatic heterocycles. The Morgan fingerprint density at radius 3 is 2.58 bits per heavy atom. The molecule has 4 heteroatoms. The summed E-state index contributed by atoms with van der Waals surface area (Å²) in [6.07, 6.45) is -0.633. The SMILES string of the molecule is NCc1cc(OCC(O)c2ccccc2)ccc1Br. The average molecular weight is 322 g/mol. The molecule has 2 aromatic carbocycles. The molecule has 2 aromatic rings. The van der Waals surface area contributed by atoms with Crippen molar-refractivity contribution >= 4 is 15.9 Å². The van der Waals surface area contributed by atoms with E-state index in [-0.39, 0.29) is 6.61 Å². The molecule has 1 unspecified atom stereocenters. The van der Waals surface area contributed by atoms with Gasteiger partial charge in [-0.1, -0.05) is 46.3 Å². The van der Waals surface area contributed by atoms with Crippen molar-refractivity contribution in [1.82, 2.24) is 0 Å². The summed E-state index contributed by atoms with van der Waals surface area (Å²) >= 11 is 3.42. The smallest absolute Gasteiger partial charge is 0.119 e. The Morgan fingerprint density at radius 2 is 1.89 bits per heavy atom. The minimum atomic E-state index is -0.633. The molecule has 0 aliphatic heterocycles. The predicted octanol–water partition coefficient (Wildman–Crippen LogP) is 3.02. The summed E-state index contributed by atoms with van der Waals surface area (Å²) in [5.41, 5.74) is 7.46. The quantitative estimate of drug-likeness (QED) is 0.890. The van der Waals surface area contributed by atoms with Crippen LogP contribution in [-0.4, -0.2) is 11.7 Å². The highest BCUT2D eigenvalue weighted by Gasteiger charge is 2.08. The summed E-state index contributed by atoms with van der Waals surface area (Å²) < 4.78 is 6.56. The van der Waals surface area contributed by atoms with Crippen molar-refractivity contribution in [2.45, 2.75) is 12.6 Å². The van der Waals surface area contributed by atoms with Gasteiger partial charge in [-0.2, -0.15) is 0 Å². The molecule has 3 nitrogen and oxygen atoms in total. The van der Waals surface area contributed by atoms with E-state index in [1.807, 2.05) is 48.5 Å². The summed E-state index contributed by atoms with van der Waals surface area (Å²) in [6, 6.07) is 15.1. The van der Waals surface area contributed by atoms with Gasteiger partial charge < -0.3 is 15.6 Å². The van der Waals surface area contributed by atoms with Crippen molar-refractivity contribution in [3.8, 4) is 5.75 Å². The Bertz CT molecular complexity index is 531. The van der Waals surface area contributed by atoms with Crippen molar-refractivity contribution < 1.29 is 9.84 Å². The number of hydrogen-bond acceptors (Lipinski definition) is 3. The van der Waals surface area contributed by atoms with Crippen LogP contribution in [0, 0.1) is 0 Å². The Hall–Kier alpha value is -1.36. The van der Waals surface area contributed by atoms with Crippen molar-refractivity contribution in [3.05, 3.63) is 64.1 Å². The van der Waals surface area contributed by atoms with Crippen LogP contribution in [0.25, 0.3) is 0 Å². The molecular weight excluding hydrogens is 306 g/mol. The number of benzene rings is 2. The fourth-order valence-corrected chi connectivity index (χ4v) is 2.15. The maximum absolute atomic E-state index is 10.0. The lowest BCUT2D eigenvalue weighted by Crippen LogP contribution is -2.10. The van der Waals surface area contributed by atoms with Gasteiger partial charge in [0.1, 0.15) is 18.5 Å². The summed E-state index contributed by atoms with van der Waals surface area (Å²) in [6.45, 7) is 0.661. The molecule has 100 valence electrons. The average Bonchev–Trinajstić information content (AvgIpc) is 2.47. The Balaban J connectivity index is 1.99. The van der Waals surface area contributed by atoms with E-state index in [9.17, 15) is 5.11 Å². The first-order valence-electron chi connectivity index (χ1n) is 6.05. The minimum absolute atomic E-state index is 0.218. The van der Waals surface area contributed by atoms with E-state index < -0.39 is 6.10 Å². The highest BCUT2D eigenvalue weighted by molar-refractivity contribution is 9.10. The molecule has 0 amide bonds. The molecule has 0 fully saturated rings. The summed E-state index contributed by atoms with van der Waals surface area (Å²) in [7, 11) is 0. The van der Waals surface area contributed by atoms with E-state index in [0.29, 0.717) is 12.3 Å². The van der Waals surface area contributed by atoms with E-state index in [4.69, 9.17) is 10.5 Å². The number of aliphatic hydroxyl groups is 1. The van der Waals surface area contributed by atoms with Gasteiger partial charge in [0, 0.05) is 11.0 Å². The van der Waals surface area contributed by atoms with Gasteiger partial charge in [-0.15, -0.1) is 0 Å². The number of halogens is 1. The molecule has 0 aliphatic rings. The molecule has 2 rings (SSSR count). The first kappa shape index (κ1) is 14.1. The Morgan fingerprint density at radius 1 is 1.16 bits per heavy atom. The lowest BCUT2D eigenvalue weighted by molar-refractivity contribution is 0.108. The summed E-state index contributed by atoms with van der Waals surface area (Å²) in [4.78, 5) is 0. The van der Waals surface area contributed by atoms with Crippen LogP contribution in [0.3, 0.4) is 0 Å². The van der Waals surface area contributed by atoms with Gasteiger partial charge in [0.25, 0.3) is 0 Å². The van der Waals surface area contributed by atoms with Gasteiger partial charge in [0.2, 0.25) is 0 Å². The van der Waals surface area contributed by atoms with Gasteiger partial charge in [0.05, 0.1) is 0 Å². The lowest BCUT2D eigenvalue weighted by atomic mass is 10.1. The zero-order valence-electron chi connectivity index (χ0n) is 10.4. The van der Waals surface area contributed by atoms with Crippen molar-refractivity contribution in [1.29, 1.82) is 0 Å². The summed E-state index contributed by atoms with van der Waals surface area (Å²) in [5.74, 6) is 0.707. The number of aliphatic hydroxyl groups excluding tert-OH is 1. The van der Waals surface area contributed by atoms with Crippen molar-refractivity contribution in [3.63, 3.8) is 0 Å². The van der Waals surface area contributed by atoms with Gasteiger partial charge >= 0.3 is 0 Å². The third-order valence-electron chi connectivity index (χ3n) is 2.83. The van der Waals surface area contributed by atoms with Gasteiger partial charge in [-0.05, 0) is 29.3 Å². The van der Waals surface area contributed by atoms with E-state index in [2.05, 4.69) is 15.9 Å². The van der Waals surface area contributed by atoms with Crippen LogP contribution in [0.15, 0.2) is 53.0 Å². The van der Waals surface area contributed by atoms with E-state index >= 15 is 0 Å². The number of rotatable bonds is 5. The monoisotopic (exact) mass is 321 g/mol. The van der Waals surface area contributed by atoms with Crippen molar-refractivity contribution in [2.75, 3.05) is 6.61 Å². The highest BCUT2D eigenvalue weighted by atomic mass is 79.9. The second kappa shape index (κ2) is 6.70. The Kier molecular flexibility index (Phi) is 4.96. The number of ether oxygens (including phenoxy) is 1. The fourth-order valence-electron chi connectivity index (χ4n) is 1.74. The maximum Gasteiger partial charge on any atom is 0.119 e. The zero-order chi connectivity index (χ0) is 13.7. The van der Waals surface area contributed by atoms with Crippen LogP contribution in [0.4, 0.5) is 0 Å². The van der Waals surface area contributed by atoms with Crippen LogP contribution in [0.1, 0.15) is 17.2 Å². The van der Waals surface area contributed by atoms with Gasteiger partial charge in [0.15, 0.2) is 0 Å².